The molecule has 1 heterocycles. The van der Waals surface area contributed by atoms with Crippen LogP contribution in [0.1, 0.15) is 29.9 Å². The van der Waals surface area contributed by atoms with E-state index in [2.05, 4.69) is 23.6 Å². The summed E-state index contributed by atoms with van der Waals surface area (Å²) in [6.07, 6.45) is 0.937. The first-order chi connectivity index (χ1) is 10.5. The lowest BCUT2D eigenvalue weighted by molar-refractivity contribution is 0.0631. The number of thiophene rings is 1. The summed E-state index contributed by atoms with van der Waals surface area (Å²) in [5, 5.41) is 17.8. The van der Waals surface area contributed by atoms with Gasteiger partial charge in [0.05, 0.1) is 6.54 Å². The van der Waals surface area contributed by atoms with Crippen molar-refractivity contribution in [2.75, 3.05) is 6.54 Å². The predicted molar refractivity (Wildman–Crippen MR) is 89.9 cm³/mol. The number of aliphatic hydroxyl groups is 1. The van der Waals surface area contributed by atoms with Crippen molar-refractivity contribution in [1.82, 2.24) is 10.6 Å². The summed E-state index contributed by atoms with van der Waals surface area (Å²) in [6.45, 7) is 4.45. The first-order valence-corrected chi connectivity index (χ1v) is 8.25. The molecular weight excluding hydrogens is 296 g/mol. The summed E-state index contributed by atoms with van der Waals surface area (Å²) < 4.78 is 0. The van der Waals surface area contributed by atoms with Crippen LogP contribution in [0, 0.1) is 0 Å². The zero-order chi connectivity index (χ0) is 16.0. The van der Waals surface area contributed by atoms with Crippen molar-refractivity contribution in [1.29, 1.82) is 0 Å². The number of urea groups is 1. The van der Waals surface area contributed by atoms with Crippen LogP contribution in [0.4, 0.5) is 4.79 Å². The van der Waals surface area contributed by atoms with Crippen LogP contribution < -0.4 is 10.6 Å². The second-order valence-electron chi connectivity index (χ2n) is 5.41. The minimum absolute atomic E-state index is 0.175. The van der Waals surface area contributed by atoms with E-state index in [1.165, 1.54) is 16.9 Å². The van der Waals surface area contributed by atoms with E-state index in [1.807, 2.05) is 35.7 Å². The van der Waals surface area contributed by atoms with E-state index in [0.717, 1.165) is 16.9 Å². The van der Waals surface area contributed by atoms with Gasteiger partial charge in [-0.05, 0) is 35.9 Å². The molecule has 1 aromatic heterocycles. The van der Waals surface area contributed by atoms with E-state index in [1.54, 1.807) is 6.92 Å². The minimum Gasteiger partial charge on any atom is -0.383 e. The predicted octanol–water partition coefficient (Wildman–Crippen LogP) is 3.02. The third kappa shape index (κ3) is 4.32. The van der Waals surface area contributed by atoms with Gasteiger partial charge in [-0.3, -0.25) is 0 Å². The molecule has 0 saturated carbocycles. The summed E-state index contributed by atoms with van der Waals surface area (Å²) in [4.78, 5) is 12.7. The van der Waals surface area contributed by atoms with E-state index >= 15 is 0 Å². The number of hydrogen-bond acceptors (Lipinski definition) is 3. The Morgan fingerprint density at radius 1 is 1.18 bits per heavy atom. The fourth-order valence-electron chi connectivity index (χ4n) is 2.24. The van der Waals surface area contributed by atoms with Crippen molar-refractivity contribution in [2.45, 2.75) is 32.4 Å². The number of aryl methyl sites for hydroxylation is 1. The average Bonchev–Trinajstić information content (AvgIpc) is 3.06. The zero-order valence-corrected chi connectivity index (χ0v) is 13.7. The molecule has 0 saturated heterocycles. The highest BCUT2D eigenvalue weighted by molar-refractivity contribution is 7.10. The minimum atomic E-state index is -1.05. The van der Waals surface area contributed by atoms with E-state index in [9.17, 15) is 9.90 Å². The van der Waals surface area contributed by atoms with Gasteiger partial charge in [-0.2, -0.15) is 0 Å². The van der Waals surface area contributed by atoms with Crippen LogP contribution in [0.3, 0.4) is 0 Å². The lowest BCUT2D eigenvalue weighted by atomic mass is 10.1. The number of carbonyl (C=O) groups excluding carboxylic acids is 1. The van der Waals surface area contributed by atoms with Gasteiger partial charge < -0.3 is 15.7 Å². The van der Waals surface area contributed by atoms with E-state index in [0.29, 0.717) is 6.54 Å². The first kappa shape index (κ1) is 16.5. The second kappa shape index (κ2) is 7.42. The van der Waals surface area contributed by atoms with Gasteiger partial charge in [-0.25, -0.2) is 4.79 Å². The van der Waals surface area contributed by atoms with Gasteiger partial charge in [0.15, 0.2) is 0 Å². The van der Waals surface area contributed by atoms with Gasteiger partial charge in [0.1, 0.15) is 5.60 Å². The first-order valence-electron chi connectivity index (χ1n) is 7.38. The zero-order valence-electron chi connectivity index (χ0n) is 12.9. The molecule has 0 fully saturated rings. The largest absolute Gasteiger partial charge is 0.383 e. The molecule has 3 N–H and O–H groups in total. The van der Waals surface area contributed by atoms with Crippen LogP contribution >= 0.6 is 11.3 Å². The normalized spacial score (nSPS) is 13.4. The number of benzene rings is 1. The molecule has 0 aliphatic heterocycles. The molecular formula is C17H22N2O2S. The fourth-order valence-corrected chi connectivity index (χ4v) is 3.02. The number of hydrogen-bond donors (Lipinski definition) is 3. The van der Waals surface area contributed by atoms with Crippen LogP contribution in [0.5, 0.6) is 0 Å². The van der Waals surface area contributed by atoms with Crippen molar-refractivity contribution < 1.29 is 9.90 Å². The summed E-state index contributed by atoms with van der Waals surface area (Å²) in [5.41, 5.74) is 1.30. The molecule has 4 nitrogen and oxygen atoms in total. The topological polar surface area (TPSA) is 61.4 Å². The molecule has 2 rings (SSSR count). The lowest BCUT2D eigenvalue weighted by Gasteiger charge is -2.22. The van der Waals surface area contributed by atoms with Crippen LogP contribution in [-0.2, 0) is 18.6 Å². The third-order valence-electron chi connectivity index (χ3n) is 3.58. The molecule has 2 aromatic rings. The molecule has 0 aliphatic carbocycles. The summed E-state index contributed by atoms with van der Waals surface area (Å²) in [6, 6.07) is 11.5. The maximum absolute atomic E-state index is 11.9. The Morgan fingerprint density at radius 3 is 2.55 bits per heavy atom. The molecule has 1 unspecified atom stereocenters. The highest BCUT2D eigenvalue weighted by Gasteiger charge is 2.24. The maximum atomic E-state index is 11.9. The van der Waals surface area contributed by atoms with Gasteiger partial charge in [0, 0.05) is 11.4 Å². The van der Waals surface area contributed by atoms with Crippen LogP contribution in [0.15, 0.2) is 41.8 Å². The molecule has 118 valence electrons. The van der Waals surface area contributed by atoms with Crippen molar-refractivity contribution in [2.24, 2.45) is 0 Å². The Morgan fingerprint density at radius 2 is 1.91 bits per heavy atom. The van der Waals surface area contributed by atoms with Crippen LogP contribution in [0.2, 0.25) is 0 Å². The van der Waals surface area contributed by atoms with Crippen molar-refractivity contribution >= 4 is 17.4 Å². The average molecular weight is 318 g/mol. The Hall–Kier alpha value is -1.85. The Kier molecular flexibility index (Phi) is 5.57. The lowest BCUT2D eigenvalue weighted by Crippen LogP contribution is -2.43. The summed E-state index contributed by atoms with van der Waals surface area (Å²) in [5.74, 6) is 0. The van der Waals surface area contributed by atoms with E-state index < -0.39 is 5.60 Å². The van der Waals surface area contributed by atoms with Crippen LogP contribution in [0.25, 0.3) is 0 Å². The van der Waals surface area contributed by atoms with Crippen molar-refractivity contribution in [3.05, 3.63) is 57.8 Å². The molecule has 0 bridgehead atoms. The molecule has 0 spiro atoms. The Bertz CT molecular complexity index is 609. The van der Waals surface area contributed by atoms with Gasteiger partial charge >= 0.3 is 6.03 Å². The molecule has 5 heteroatoms. The number of rotatable bonds is 6. The maximum Gasteiger partial charge on any atom is 0.315 e. The summed E-state index contributed by atoms with van der Waals surface area (Å²) in [7, 11) is 0. The van der Waals surface area contributed by atoms with Crippen molar-refractivity contribution in [3.8, 4) is 0 Å². The molecule has 1 atom stereocenters. The third-order valence-corrected chi connectivity index (χ3v) is 4.71. The van der Waals surface area contributed by atoms with E-state index in [4.69, 9.17) is 0 Å². The number of carbonyl (C=O) groups is 1. The quantitative estimate of drug-likeness (QED) is 0.767. The number of amides is 2. The van der Waals surface area contributed by atoms with E-state index in [-0.39, 0.29) is 12.6 Å². The van der Waals surface area contributed by atoms with Gasteiger partial charge in [-0.1, -0.05) is 37.3 Å². The Labute approximate surface area is 135 Å². The van der Waals surface area contributed by atoms with Gasteiger partial charge in [0.2, 0.25) is 0 Å². The van der Waals surface area contributed by atoms with Crippen LogP contribution in [-0.4, -0.2) is 17.7 Å². The number of nitrogens with one attached hydrogen (secondary N) is 2. The second-order valence-corrected chi connectivity index (χ2v) is 6.36. The SMILES string of the molecule is CCc1ccccc1CNC(=O)NCC(C)(O)c1cccs1. The smallest absolute Gasteiger partial charge is 0.315 e. The standard InChI is InChI=1S/C17H22N2O2S/c1-3-13-7-4-5-8-14(13)11-18-16(20)19-12-17(2,21)15-9-6-10-22-15/h4-10,21H,3,11-12H2,1-2H3,(H2,18,19,20). The fraction of sp³-hybridized carbons (Fsp3) is 0.353. The summed E-state index contributed by atoms with van der Waals surface area (Å²) >= 11 is 1.47. The molecule has 0 aliphatic rings. The highest BCUT2D eigenvalue weighted by Crippen LogP contribution is 2.24. The molecule has 22 heavy (non-hydrogen) atoms. The molecule has 1 aromatic carbocycles. The van der Waals surface area contributed by atoms with Gasteiger partial charge in [0.25, 0.3) is 0 Å². The van der Waals surface area contributed by atoms with Gasteiger partial charge in [-0.15, -0.1) is 11.3 Å². The molecule has 2 amide bonds. The van der Waals surface area contributed by atoms with Crippen molar-refractivity contribution in [3.63, 3.8) is 0 Å². The molecule has 0 radical (unpaired) electrons. The monoisotopic (exact) mass is 318 g/mol. The highest BCUT2D eigenvalue weighted by atomic mass is 32.1. The Balaban J connectivity index is 1.83.